The number of anilines is 1. The fourth-order valence-electron chi connectivity index (χ4n) is 4.07. The summed E-state index contributed by atoms with van der Waals surface area (Å²) in [6.45, 7) is 0. The molecule has 1 aromatic carbocycles. The lowest BCUT2D eigenvalue weighted by atomic mass is 9.85. The highest BCUT2D eigenvalue weighted by Gasteiger charge is 2.30. The average Bonchev–Trinajstić information content (AvgIpc) is 3.03. The summed E-state index contributed by atoms with van der Waals surface area (Å²) in [6, 6.07) is 4.58. The number of sulfonamides is 1. The van der Waals surface area contributed by atoms with Gasteiger partial charge >= 0.3 is 0 Å². The van der Waals surface area contributed by atoms with Gasteiger partial charge in [0.1, 0.15) is 5.82 Å². The molecule has 0 aliphatic heterocycles. The summed E-state index contributed by atoms with van der Waals surface area (Å²) in [5.41, 5.74) is 2.88. The maximum atomic E-state index is 13.5. The zero-order valence-corrected chi connectivity index (χ0v) is 17.1. The molecule has 1 saturated carbocycles. The molecule has 2 aromatic rings. The van der Waals surface area contributed by atoms with E-state index < -0.39 is 10.0 Å². The second-order valence-electron chi connectivity index (χ2n) is 7.54. The Balaban J connectivity index is 1.47. The number of hydrogen-bond donors (Lipinski definition) is 2. The molecule has 9 heteroatoms. The molecule has 1 fully saturated rings. The van der Waals surface area contributed by atoms with Crippen LogP contribution in [0.15, 0.2) is 18.2 Å². The van der Waals surface area contributed by atoms with Gasteiger partial charge in [0.25, 0.3) is 0 Å². The third-order valence-corrected chi connectivity index (χ3v) is 7.10. The number of fused-ring (bicyclic) bond motifs is 3. The van der Waals surface area contributed by atoms with Gasteiger partial charge < -0.3 is 5.32 Å². The Morgan fingerprint density at radius 2 is 2.11 bits per heavy atom. The number of nitrogens with zero attached hydrogens (tertiary/aromatic N) is 1. The summed E-state index contributed by atoms with van der Waals surface area (Å²) in [4.78, 5) is 18.3. The van der Waals surface area contributed by atoms with Crippen LogP contribution in [-0.4, -0.2) is 31.6 Å². The van der Waals surface area contributed by atoms with E-state index in [2.05, 4.69) is 15.0 Å². The number of thiazole rings is 1. The van der Waals surface area contributed by atoms with Gasteiger partial charge in [-0.05, 0) is 55.4 Å². The molecule has 0 unspecified atom stereocenters. The molecule has 2 atom stereocenters. The first-order valence-electron chi connectivity index (χ1n) is 9.35. The number of rotatable bonds is 4. The number of carbonyl (C=O) groups is 1. The monoisotopic (exact) mass is 423 g/mol. The van der Waals surface area contributed by atoms with E-state index in [4.69, 9.17) is 0 Å². The Bertz CT molecular complexity index is 1020. The van der Waals surface area contributed by atoms with Crippen molar-refractivity contribution in [1.29, 1.82) is 0 Å². The molecule has 28 heavy (non-hydrogen) atoms. The van der Waals surface area contributed by atoms with E-state index >= 15 is 0 Å². The molecule has 1 aromatic heterocycles. The van der Waals surface area contributed by atoms with Crippen LogP contribution < -0.4 is 10.0 Å². The lowest BCUT2D eigenvalue weighted by molar-refractivity contribution is -0.120. The van der Waals surface area contributed by atoms with Gasteiger partial charge in [0.05, 0.1) is 16.8 Å². The van der Waals surface area contributed by atoms with E-state index in [1.165, 1.54) is 17.4 Å². The number of carbonyl (C=O) groups excluding carboxylic acids is 1. The van der Waals surface area contributed by atoms with Crippen molar-refractivity contribution in [2.24, 2.45) is 5.92 Å². The van der Waals surface area contributed by atoms with Crippen LogP contribution in [0.1, 0.15) is 36.9 Å². The van der Waals surface area contributed by atoms with E-state index in [0.29, 0.717) is 11.6 Å². The Morgan fingerprint density at radius 3 is 2.89 bits per heavy atom. The number of nitrogens with one attached hydrogen (secondary N) is 2. The van der Waals surface area contributed by atoms with Gasteiger partial charge in [-0.1, -0.05) is 23.8 Å². The summed E-state index contributed by atoms with van der Waals surface area (Å²) in [5, 5.41) is 3.46. The van der Waals surface area contributed by atoms with Crippen LogP contribution in [0.4, 0.5) is 9.52 Å². The van der Waals surface area contributed by atoms with Gasteiger partial charge in [0.2, 0.25) is 15.9 Å². The van der Waals surface area contributed by atoms with Gasteiger partial charge in [-0.3, -0.25) is 4.79 Å². The van der Waals surface area contributed by atoms with E-state index in [1.54, 1.807) is 12.1 Å². The first-order valence-corrected chi connectivity index (χ1v) is 12.1. The minimum Gasteiger partial charge on any atom is -0.302 e. The molecule has 1 heterocycles. The summed E-state index contributed by atoms with van der Waals surface area (Å²) < 4.78 is 39.0. The van der Waals surface area contributed by atoms with Gasteiger partial charge in [-0.2, -0.15) is 0 Å². The maximum Gasteiger partial charge on any atom is 0.229 e. The summed E-state index contributed by atoms with van der Waals surface area (Å²) in [6.07, 6.45) is 5.38. The van der Waals surface area contributed by atoms with Crippen LogP contribution in [0.25, 0.3) is 10.4 Å². The SMILES string of the molecule is CS(=O)(=O)N[C@@H]1CCC[C@H](C(=O)Nc2nc3c(s2)-c2ccc(F)cc2CC3)C1. The van der Waals surface area contributed by atoms with Crippen molar-refractivity contribution in [3.8, 4) is 10.4 Å². The van der Waals surface area contributed by atoms with Crippen molar-refractivity contribution in [3.05, 3.63) is 35.3 Å². The van der Waals surface area contributed by atoms with Crippen molar-refractivity contribution in [1.82, 2.24) is 9.71 Å². The van der Waals surface area contributed by atoms with Crippen molar-refractivity contribution < 1.29 is 17.6 Å². The number of halogens is 1. The Hall–Kier alpha value is -1.84. The molecule has 2 aliphatic rings. The quantitative estimate of drug-likeness (QED) is 0.791. The first kappa shape index (κ1) is 19.5. The molecule has 0 radical (unpaired) electrons. The fraction of sp³-hybridized carbons (Fsp3) is 0.474. The Labute approximate surface area is 167 Å². The average molecular weight is 424 g/mol. The number of aryl methyl sites for hydroxylation is 2. The predicted octanol–water partition coefficient (Wildman–Crippen LogP) is 3.09. The van der Waals surface area contributed by atoms with E-state index in [0.717, 1.165) is 60.1 Å². The molecule has 2 aliphatic carbocycles. The third-order valence-electron chi connectivity index (χ3n) is 5.30. The first-order chi connectivity index (χ1) is 13.3. The van der Waals surface area contributed by atoms with Crippen molar-refractivity contribution >= 4 is 32.4 Å². The number of aromatic nitrogens is 1. The second kappa shape index (κ2) is 7.53. The Morgan fingerprint density at radius 1 is 1.29 bits per heavy atom. The van der Waals surface area contributed by atoms with E-state index in [1.807, 2.05) is 0 Å². The van der Waals surface area contributed by atoms with Crippen molar-refractivity contribution in [2.75, 3.05) is 11.6 Å². The van der Waals surface area contributed by atoms with E-state index in [9.17, 15) is 17.6 Å². The van der Waals surface area contributed by atoms with Crippen LogP contribution >= 0.6 is 11.3 Å². The highest BCUT2D eigenvalue weighted by Crippen LogP contribution is 2.40. The summed E-state index contributed by atoms with van der Waals surface area (Å²) in [7, 11) is -3.28. The molecular formula is C19H22FN3O3S2. The topological polar surface area (TPSA) is 88.2 Å². The molecule has 6 nitrogen and oxygen atoms in total. The molecule has 2 N–H and O–H groups in total. The second-order valence-corrected chi connectivity index (χ2v) is 10.3. The number of hydrogen-bond acceptors (Lipinski definition) is 5. The Kier molecular flexibility index (Phi) is 5.24. The largest absolute Gasteiger partial charge is 0.302 e. The van der Waals surface area contributed by atoms with Crippen LogP contribution in [0.2, 0.25) is 0 Å². The highest BCUT2D eigenvalue weighted by atomic mass is 32.2. The minimum absolute atomic E-state index is 0.120. The molecule has 0 spiro atoms. The van der Waals surface area contributed by atoms with Crippen LogP contribution in [0.3, 0.4) is 0 Å². The standard InChI is InChI=1S/C19H22FN3O3S2/c1-28(25,26)23-14-4-2-3-12(10-14)18(24)22-19-21-16-8-5-11-9-13(20)6-7-15(11)17(16)27-19/h6-7,9,12,14,23H,2-5,8,10H2,1H3,(H,21,22,24)/t12-,14+/m0/s1. The molecule has 1 amide bonds. The lowest BCUT2D eigenvalue weighted by Gasteiger charge is -2.28. The zero-order chi connectivity index (χ0) is 19.9. The molecular weight excluding hydrogens is 401 g/mol. The molecule has 0 bridgehead atoms. The number of benzene rings is 1. The smallest absolute Gasteiger partial charge is 0.229 e. The number of amides is 1. The van der Waals surface area contributed by atoms with Gasteiger partial charge in [-0.15, -0.1) is 0 Å². The van der Waals surface area contributed by atoms with Gasteiger partial charge in [-0.25, -0.2) is 22.5 Å². The summed E-state index contributed by atoms with van der Waals surface area (Å²) >= 11 is 1.41. The highest BCUT2D eigenvalue weighted by molar-refractivity contribution is 7.88. The van der Waals surface area contributed by atoms with Crippen LogP contribution in [0, 0.1) is 11.7 Å². The lowest BCUT2D eigenvalue weighted by Crippen LogP contribution is -2.40. The summed E-state index contributed by atoms with van der Waals surface area (Å²) in [5.74, 6) is -0.601. The minimum atomic E-state index is -3.28. The fourth-order valence-corrected chi connectivity index (χ4v) is 5.97. The van der Waals surface area contributed by atoms with E-state index in [-0.39, 0.29) is 23.7 Å². The van der Waals surface area contributed by atoms with Crippen molar-refractivity contribution in [3.63, 3.8) is 0 Å². The maximum absolute atomic E-state index is 13.5. The van der Waals surface area contributed by atoms with Crippen molar-refractivity contribution in [2.45, 2.75) is 44.6 Å². The van der Waals surface area contributed by atoms with Crippen LogP contribution in [0.5, 0.6) is 0 Å². The van der Waals surface area contributed by atoms with Gasteiger partial charge in [0, 0.05) is 12.0 Å². The van der Waals surface area contributed by atoms with Gasteiger partial charge in [0.15, 0.2) is 5.13 Å². The van der Waals surface area contributed by atoms with Crippen LogP contribution in [-0.2, 0) is 27.7 Å². The third kappa shape index (κ3) is 4.26. The normalized spacial score (nSPS) is 21.6. The zero-order valence-electron chi connectivity index (χ0n) is 15.5. The predicted molar refractivity (Wildman–Crippen MR) is 107 cm³/mol. The molecule has 150 valence electrons. The molecule has 0 saturated heterocycles. The molecule has 4 rings (SSSR count).